The van der Waals surface area contributed by atoms with Crippen molar-refractivity contribution in [3.05, 3.63) is 29.3 Å². The van der Waals surface area contributed by atoms with Crippen LogP contribution in [0, 0.1) is 5.92 Å². The molecule has 1 saturated heterocycles. The molecule has 1 aromatic carbocycles. The van der Waals surface area contributed by atoms with Crippen molar-refractivity contribution in [2.24, 2.45) is 5.92 Å². The van der Waals surface area contributed by atoms with Gasteiger partial charge in [-0.25, -0.2) is 0 Å². The first-order chi connectivity index (χ1) is 7.31. The molecule has 0 spiro atoms. The first-order valence-corrected chi connectivity index (χ1v) is 5.81. The minimum absolute atomic E-state index is 0.520. The Bertz CT molecular complexity index is 329. The van der Waals surface area contributed by atoms with Crippen molar-refractivity contribution in [2.45, 2.75) is 26.2 Å². The number of rotatable bonds is 3. The van der Waals surface area contributed by atoms with E-state index in [1.807, 2.05) is 12.1 Å². The molecule has 0 aromatic heterocycles. The lowest BCUT2D eigenvalue weighted by Crippen LogP contribution is -2.11. The molecule has 0 aliphatic carbocycles. The zero-order valence-electron chi connectivity index (χ0n) is 9.29. The molecule has 1 fully saturated rings. The number of hydrogen-bond donors (Lipinski definition) is 2. The third-order valence-electron chi connectivity index (χ3n) is 3.26. The third-order valence-corrected chi connectivity index (χ3v) is 3.26. The lowest BCUT2D eigenvalue weighted by molar-refractivity contribution is 0.453. The standard InChI is InChI=1S/C13H19NO/c1-2-11-4-3-5-12(13(11)15)8-10-6-7-14-9-10/h3-5,10,14-15H,2,6-9H2,1H3. The highest BCUT2D eigenvalue weighted by Crippen LogP contribution is 2.26. The van der Waals surface area contributed by atoms with Crippen LogP contribution in [0.4, 0.5) is 0 Å². The molecule has 0 amide bonds. The van der Waals surface area contributed by atoms with Gasteiger partial charge in [0, 0.05) is 0 Å². The summed E-state index contributed by atoms with van der Waals surface area (Å²) in [5.74, 6) is 1.22. The number of para-hydroxylation sites is 1. The average Bonchev–Trinajstić information content (AvgIpc) is 2.74. The summed E-state index contributed by atoms with van der Waals surface area (Å²) in [6.07, 6.45) is 3.14. The molecule has 1 unspecified atom stereocenters. The van der Waals surface area contributed by atoms with E-state index in [9.17, 15) is 5.11 Å². The van der Waals surface area contributed by atoms with Crippen LogP contribution in [0.5, 0.6) is 5.75 Å². The molecule has 15 heavy (non-hydrogen) atoms. The smallest absolute Gasteiger partial charge is 0.121 e. The average molecular weight is 205 g/mol. The second-order valence-corrected chi connectivity index (χ2v) is 4.34. The molecule has 82 valence electrons. The highest BCUT2D eigenvalue weighted by molar-refractivity contribution is 5.40. The molecule has 1 aliphatic heterocycles. The Labute approximate surface area is 91.3 Å². The van der Waals surface area contributed by atoms with Crippen LogP contribution < -0.4 is 5.32 Å². The zero-order chi connectivity index (χ0) is 10.7. The van der Waals surface area contributed by atoms with Gasteiger partial charge in [0.25, 0.3) is 0 Å². The normalized spacial score (nSPS) is 20.7. The quantitative estimate of drug-likeness (QED) is 0.792. The largest absolute Gasteiger partial charge is 0.507 e. The Morgan fingerprint density at radius 2 is 2.20 bits per heavy atom. The number of phenolic OH excluding ortho intramolecular Hbond substituents is 1. The zero-order valence-corrected chi connectivity index (χ0v) is 9.29. The first-order valence-electron chi connectivity index (χ1n) is 5.81. The molecule has 2 N–H and O–H groups in total. The molecule has 1 atom stereocenters. The number of hydrogen-bond acceptors (Lipinski definition) is 2. The highest BCUT2D eigenvalue weighted by atomic mass is 16.3. The summed E-state index contributed by atoms with van der Waals surface area (Å²) in [6, 6.07) is 6.11. The number of phenols is 1. The second-order valence-electron chi connectivity index (χ2n) is 4.34. The number of aryl methyl sites for hydroxylation is 1. The number of benzene rings is 1. The first kappa shape index (κ1) is 10.5. The fourth-order valence-corrected chi connectivity index (χ4v) is 2.29. The predicted octanol–water partition coefficient (Wildman–Crippen LogP) is 2.11. The van der Waals surface area contributed by atoms with Gasteiger partial charge in [0.2, 0.25) is 0 Å². The van der Waals surface area contributed by atoms with Gasteiger partial charge in [0.1, 0.15) is 5.75 Å². The maximum Gasteiger partial charge on any atom is 0.121 e. The summed E-state index contributed by atoms with van der Waals surface area (Å²) in [7, 11) is 0. The molecule has 1 aromatic rings. The van der Waals surface area contributed by atoms with E-state index < -0.39 is 0 Å². The molecule has 2 nitrogen and oxygen atoms in total. The van der Waals surface area contributed by atoms with E-state index in [0.717, 1.165) is 37.1 Å². The second kappa shape index (κ2) is 4.67. The number of aromatic hydroxyl groups is 1. The Balaban J connectivity index is 2.13. The van der Waals surface area contributed by atoms with Crippen molar-refractivity contribution in [1.82, 2.24) is 5.32 Å². The molecule has 0 saturated carbocycles. The summed E-state index contributed by atoms with van der Waals surface area (Å²) >= 11 is 0. The van der Waals surface area contributed by atoms with Crippen molar-refractivity contribution in [3.63, 3.8) is 0 Å². The molecule has 0 bridgehead atoms. The summed E-state index contributed by atoms with van der Waals surface area (Å²) in [5.41, 5.74) is 2.18. The summed E-state index contributed by atoms with van der Waals surface area (Å²) in [6.45, 7) is 4.30. The van der Waals surface area contributed by atoms with E-state index in [1.54, 1.807) is 0 Å². The van der Waals surface area contributed by atoms with E-state index in [4.69, 9.17) is 0 Å². The van der Waals surface area contributed by atoms with Crippen molar-refractivity contribution in [1.29, 1.82) is 0 Å². The van der Waals surface area contributed by atoms with Crippen molar-refractivity contribution in [2.75, 3.05) is 13.1 Å². The Morgan fingerprint density at radius 3 is 2.87 bits per heavy atom. The van der Waals surface area contributed by atoms with Gasteiger partial charge < -0.3 is 10.4 Å². The van der Waals surface area contributed by atoms with Crippen LogP contribution >= 0.6 is 0 Å². The van der Waals surface area contributed by atoms with Crippen LogP contribution in [0.2, 0.25) is 0 Å². The highest BCUT2D eigenvalue weighted by Gasteiger charge is 2.17. The molecule has 1 aliphatic rings. The van der Waals surface area contributed by atoms with Crippen LogP contribution in [-0.4, -0.2) is 18.2 Å². The van der Waals surface area contributed by atoms with Crippen LogP contribution in [0.15, 0.2) is 18.2 Å². The van der Waals surface area contributed by atoms with Crippen LogP contribution in [0.25, 0.3) is 0 Å². The van der Waals surface area contributed by atoms with Crippen molar-refractivity contribution < 1.29 is 5.11 Å². The van der Waals surface area contributed by atoms with Gasteiger partial charge in [-0.1, -0.05) is 25.1 Å². The monoisotopic (exact) mass is 205 g/mol. The number of nitrogens with one attached hydrogen (secondary N) is 1. The van der Waals surface area contributed by atoms with Gasteiger partial charge >= 0.3 is 0 Å². The Kier molecular flexibility index (Phi) is 3.27. The maximum absolute atomic E-state index is 10.0. The Hall–Kier alpha value is -1.02. The summed E-state index contributed by atoms with van der Waals surface area (Å²) in [5, 5.41) is 13.4. The molecule has 0 radical (unpaired) electrons. The van der Waals surface area contributed by atoms with Crippen molar-refractivity contribution >= 4 is 0 Å². The van der Waals surface area contributed by atoms with Gasteiger partial charge in [-0.05, 0) is 49.4 Å². The van der Waals surface area contributed by atoms with Crippen LogP contribution in [-0.2, 0) is 12.8 Å². The third kappa shape index (κ3) is 2.32. The van der Waals surface area contributed by atoms with E-state index >= 15 is 0 Å². The summed E-state index contributed by atoms with van der Waals surface area (Å²) in [4.78, 5) is 0. The van der Waals surface area contributed by atoms with Gasteiger partial charge in [0.15, 0.2) is 0 Å². The lowest BCUT2D eigenvalue weighted by Gasteiger charge is -2.12. The topological polar surface area (TPSA) is 32.3 Å². The minimum Gasteiger partial charge on any atom is -0.507 e. The van der Waals surface area contributed by atoms with Gasteiger partial charge in [0.05, 0.1) is 0 Å². The van der Waals surface area contributed by atoms with E-state index in [1.165, 1.54) is 6.42 Å². The van der Waals surface area contributed by atoms with E-state index in [2.05, 4.69) is 18.3 Å². The maximum atomic E-state index is 10.0. The molecular weight excluding hydrogens is 186 g/mol. The molecule has 1 heterocycles. The van der Waals surface area contributed by atoms with E-state index in [-0.39, 0.29) is 0 Å². The van der Waals surface area contributed by atoms with Crippen LogP contribution in [0.3, 0.4) is 0 Å². The van der Waals surface area contributed by atoms with Gasteiger partial charge in [-0.2, -0.15) is 0 Å². The minimum atomic E-state index is 0.520. The fraction of sp³-hybridized carbons (Fsp3) is 0.538. The predicted molar refractivity (Wildman–Crippen MR) is 62.2 cm³/mol. The SMILES string of the molecule is CCc1cccc(CC2CCNC2)c1O. The lowest BCUT2D eigenvalue weighted by atomic mass is 9.96. The molecular formula is C13H19NO. The van der Waals surface area contributed by atoms with Crippen molar-refractivity contribution in [3.8, 4) is 5.75 Å². The Morgan fingerprint density at radius 1 is 1.40 bits per heavy atom. The van der Waals surface area contributed by atoms with Gasteiger partial charge in [-0.3, -0.25) is 0 Å². The molecule has 2 rings (SSSR count). The fourth-order valence-electron chi connectivity index (χ4n) is 2.29. The molecule has 2 heteroatoms. The van der Waals surface area contributed by atoms with Crippen LogP contribution in [0.1, 0.15) is 24.5 Å². The summed E-state index contributed by atoms with van der Waals surface area (Å²) < 4.78 is 0. The van der Waals surface area contributed by atoms with Gasteiger partial charge in [-0.15, -0.1) is 0 Å². The van der Waals surface area contributed by atoms with E-state index in [0.29, 0.717) is 11.7 Å².